The molecule has 1 amide bonds. The van der Waals surface area contributed by atoms with Gasteiger partial charge in [0.15, 0.2) is 9.84 Å². The van der Waals surface area contributed by atoms with Crippen molar-refractivity contribution in [2.75, 3.05) is 18.1 Å². The maximum atomic E-state index is 12.7. The van der Waals surface area contributed by atoms with Crippen molar-refractivity contribution in [3.05, 3.63) is 48.0 Å². The third-order valence-electron chi connectivity index (χ3n) is 4.25. The Balaban J connectivity index is 1.89. The highest BCUT2D eigenvalue weighted by Gasteiger charge is 2.34. The zero-order valence-corrected chi connectivity index (χ0v) is 13.3. The number of sulfone groups is 1. The van der Waals surface area contributed by atoms with Gasteiger partial charge in [0, 0.05) is 18.2 Å². The van der Waals surface area contributed by atoms with Gasteiger partial charge in [-0.3, -0.25) is 4.79 Å². The monoisotopic (exact) mass is 317 g/mol. The van der Waals surface area contributed by atoms with Crippen molar-refractivity contribution < 1.29 is 13.2 Å². The van der Waals surface area contributed by atoms with E-state index in [1.165, 1.54) is 0 Å². The summed E-state index contributed by atoms with van der Waals surface area (Å²) in [4.78, 5) is 14.4. The zero-order chi connectivity index (χ0) is 15.7. The zero-order valence-electron chi connectivity index (χ0n) is 12.5. The third kappa shape index (κ3) is 2.86. The summed E-state index contributed by atoms with van der Waals surface area (Å²) in [5, 5.41) is 2.11. The lowest BCUT2D eigenvalue weighted by molar-refractivity contribution is 0.0708. The van der Waals surface area contributed by atoms with E-state index in [-0.39, 0.29) is 23.5 Å². The van der Waals surface area contributed by atoms with Crippen LogP contribution in [0, 0.1) is 0 Å². The van der Waals surface area contributed by atoms with Crippen molar-refractivity contribution >= 4 is 26.5 Å². The van der Waals surface area contributed by atoms with Gasteiger partial charge in [0.05, 0.1) is 11.5 Å². The van der Waals surface area contributed by atoms with Gasteiger partial charge in [-0.2, -0.15) is 0 Å². The third-order valence-corrected chi connectivity index (χ3v) is 6.00. The van der Waals surface area contributed by atoms with Crippen molar-refractivity contribution in [3.63, 3.8) is 0 Å². The predicted molar refractivity (Wildman–Crippen MR) is 87.7 cm³/mol. The summed E-state index contributed by atoms with van der Waals surface area (Å²) in [6.07, 6.45) is 0.537. The fourth-order valence-corrected chi connectivity index (χ4v) is 4.81. The molecule has 1 aliphatic heterocycles. The average molecular weight is 317 g/mol. The number of fused-ring (bicyclic) bond motifs is 1. The van der Waals surface area contributed by atoms with Crippen molar-refractivity contribution in [1.82, 2.24) is 4.90 Å². The van der Waals surface area contributed by atoms with Crippen LogP contribution in [-0.4, -0.2) is 43.3 Å². The minimum Gasteiger partial charge on any atom is -0.335 e. The molecule has 0 spiro atoms. The highest BCUT2D eigenvalue weighted by atomic mass is 32.2. The first kappa shape index (κ1) is 15.0. The fourth-order valence-electron chi connectivity index (χ4n) is 3.08. The van der Waals surface area contributed by atoms with Gasteiger partial charge in [0.25, 0.3) is 5.91 Å². The lowest BCUT2D eigenvalue weighted by Crippen LogP contribution is -2.40. The van der Waals surface area contributed by atoms with Gasteiger partial charge in [-0.15, -0.1) is 0 Å². The Labute approximate surface area is 130 Å². The number of amides is 1. The standard InChI is InChI=1S/C17H19NO3S/c1-2-18(16-9-10-22(20,21)12-16)17(19)15-8-7-13-5-3-4-6-14(13)11-15/h3-8,11,16H,2,9-10,12H2,1H3/t16-/m0/s1. The first-order chi connectivity index (χ1) is 10.5. The molecule has 1 aliphatic rings. The largest absolute Gasteiger partial charge is 0.335 e. The molecule has 2 aromatic rings. The molecule has 0 aliphatic carbocycles. The van der Waals surface area contributed by atoms with Gasteiger partial charge in [-0.1, -0.05) is 30.3 Å². The molecule has 3 rings (SSSR count). The Morgan fingerprint density at radius 2 is 1.91 bits per heavy atom. The fraction of sp³-hybridized carbons (Fsp3) is 0.353. The molecular weight excluding hydrogens is 298 g/mol. The van der Waals surface area contributed by atoms with Gasteiger partial charge >= 0.3 is 0 Å². The van der Waals surface area contributed by atoms with Gasteiger partial charge in [-0.05, 0) is 36.2 Å². The number of benzene rings is 2. The number of rotatable bonds is 3. The molecule has 0 aromatic heterocycles. The Morgan fingerprint density at radius 1 is 1.18 bits per heavy atom. The van der Waals surface area contributed by atoms with E-state index in [2.05, 4.69) is 0 Å². The molecule has 22 heavy (non-hydrogen) atoms. The van der Waals surface area contributed by atoms with Crippen molar-refractivity contribution in [3.8, 4) is 0 Å². The van der Waals surface area contributed by atoms with Gasteiger partial charge in [-0.25, -0.2) is 8.42 Å². The quantitative estimate of drug-likeness (QED) is 0.874. The molecule has 0 unspecified atom stereocenters. The van der Waals surface area contributed by atoms with E-state index in [0.717, 1.165) is 10.8 Å². The Morgan fingerprint density at radius 3 is 2.55 bits per heavy atom. The van der Waals surface area contributed by atoms with E-state index in [4.69, 9.17) is 0 Å². The maximum Gasteiger partial charge on any atom is 0.254 e. The van der Waals surface area contributed by atoms with Crippen molar-refractivity contribution in [2.45, 2.75) is 19.4 Å². The summed E-state index contributed by atoms with van der Waals surface area (Å²) in [7, 11) is -2.99. The van der Waals surface area contributed by atoms with E-state index >= 15 is 0 Å². The molecule has 116 valence electrons. The number of carbonyl (C=O) groups excluding carboxylic acids is 1. The minimum atomic E-state index is -2.99. The average Bonchev–Trinajstić information content (AvgIpc) is 2.87. The number of carbonyl (C=O) groups is 1. The molecule has 0 saturated carbocycles. The molecule has 0 radical (unpaired) electrons. The van der Waals surface area contributed by atoms with Gasteiger partial charge in [0.2, 0.25) is 0 Å². The van der Waals surface area contributed by atoms with Crippen LogP contribution in [0.3, 0.4) is 0 Å². The van der Waals surface area contributed by atoms with Crippen LogP contribution in [0.2, 0.25) is 0 Å². The SMILES string of the molecule is CCN(C(=O)c1ccc2ccccc2c1)[C@H]1CCS(=O)(=O)C1. The second-order valence-electron chi connectivity index (χ2n) is 5.71. The van der Waals surface area contributed by atoms with E-state index in [9.17, 15) is 13.2 Å². The molecule has 1 fully saturated rings. The van der Waals surface area contributed by atoms with Crippen LogP contribution in [-0.2, 0) is 9.84 Å². The Kier molecular flexibility index (Phi) is 3.91. The molecule has 4 nitrogen and oxygen atoms in total. The second kappa shape index (κ2) is 5.72. The minimum absolute atomic E-state index is 0.0835. The summed E-state index contributed by atoms with van der Waals surface area (Å²) < 4.78 is 23.3. The molecule has 1 saturated heterocycles. The smallest absolute Gasteiger partial charge is 0.254 e. The molecule has 0 N–H and O–H groups in total. The van der Waals surface area contributed by atoms with Crippen LogP contribution in [0.15, 0.2) is 42.5 Å². The molecule has 0 bridgehead atoms. The van der Waals surface area contributed by atoms with Crippen LogP contribution < -0.4 is 0 Å². The van der Waals surface area contributed by atoms with Gasteiger partial charge in [0.1, 0.15) is 0 Å². The van der Waals surface area contributed by atoms with Crippen LogP contribution >= 0.6 is 0 Å². The van der Waals surface area contributed by atoms with Crippen LogP contribution in [0.25, 0.3) is 10.8 Å². The van der Waals surface area contributed by atoms with Gasteiger partial charge < -0.3 is 4.90 Å². The van der Waals surface area contributed by atoms with Crippen molar-refractivity contribution in [1.29, 1.82) is 0 Å². The maximum absolute atomic E-state index is 12.7. The van der Waals surface area contributed by atoms with Crippen molar-refractivity contribution in [2.24, 2.45) is 0 Å². The first-order valence-corrected chi connectivity index (χ1v) is 9.32. The van der Waals surface area contributed by atoms with Crippen LogP contribution in [0.5, 0.6) is 0 Å². The summed E-state index contributed by atoms with van der Waals surface area (Å²) in [5.41, 5.74) is 0.616. The van der Waals surface area contributed by atoms with E-state index < -0.39 is 9.84 Å². The molecule has 1 heterocycles. The molecular formula is C17H19NO3S. The van der Waals surface area contributed by atoms with E-state index in [1.54, 1.807) is 4.90 Å². The highest BCUT2D eigenvalue weighted by Crippen LogP contribution is 2.22. The Hall–Kier alpha value is -1.88. The van der Waals surface area contributed by atoms with Crippen LogP contribution in [0.1, 0.15) is 23.7 Å². The number of hydrogen-bond donors (Lipinski definition) is 0. The highest BCUT2D eigenvalue weighted by molar-refractivity contribution is 7.91. The molecule has 1 atom stereocenters. The number of nitrogens with zero attached hydrogens (tertiary/aromatic N) is 1. The first-order valence-electron chi connectivity index (χ1n) is 7.50. The summed E-state index contributed by atoms with van der Waals surface area (Å²) in [6, 6.07) is 13.3. The Bertz CT molecular complexity index is 814. The molecule has 2 aromatic carbocycles. The predicted octanol–water partition coefficient (Wildman–Crippen LogP) is 2.49. The second-order valence-corrected chi connectivity index (χ2v) is 7.94. The molecule has 5 heteroatoms. The van der Waals surface area contributed by atoms with E-state index in [1.807, 2.05) is 49.4 Å². The summed E-state index contributed by atoms with van der Waals surface area (Å²) in [6.45, 7) is 2.41. The van der Waals surface area contributed by atoms with Crippen LogP contribution in [0.4, 0.5) is 0 Å². The van der Waals surface area contributed by atoms with E-state index in [0.29, 0.717) is 18.5 Å². The summed E-state index contributed by atoms with van der Waals surface area (Å²) in [5.74, 6) is 0.176. The lowest BCUT2D eigenvalue weighted by Gasteiger charge is -2.27. The normalized spacial score (nSPS) is 20.1. The number of hydrogen-bond acceptors (Lipinski definition) is 3. The lowest BCUT2D eigenvalue weighted by atomic mass is 10.1. The summed E-state index contributed by atoms with van der Waals surface area (Å²) >= 11 is 0. The topological polar surface area (TPSA) is 54.5 Å².